The molecular weight excluding hydrogens is 698 g/mol. The highest BCUT2D eigenvalue weighted by Gasteiger charge is 2.72. The number of halogens is 6. The third-order valence-electron chi connectivity index (χ3n) is 10.8. The molecule has 4 saturated heterocycles. The molecule has 16 heteroatoms. The van der Waals surface area contributed by atoms with Gasteiger partial charge in [0.2, 0.25) is 23.6 Å². The Morgan fingerprint density at radius 3 is 1.33 bits per heavy atom. The van der Waals surface area contributed by atoms with Crippen LogP contribution >= 0.6 is 0 Å². The van der Waals surface area contributed by atoms with Gasteiger partial charge in [-0.25, -0.2) is 14.6 Å². The zero-order valence-electron chi connectivity index (χ0n) is 27.6. The Balaban J connectivity index is 0.000000162. The third-order valence-corrected chi connectivity index (χ3v) is 10.8. The molecule has 4 bridgehead atoms. The molecule has 4 fully saturated rings. The van der Waals surface area contributed by atoms with Crippen molar-refractivity contribution < 1.29 is 55.0 Å². The fourth-order valence-corrected chi connectivity index (χ4v) is 8.56. The molecule has 0 radical (unpaired) electrons. The van der Waals surface area contributed by atoms with Gasteiger partial charge in [0.25, 0.3) is 0 Å². The first kappa shape index (κ1) is 35.1. The minimum absolute atomic E-state index is 0.180. The summed E-state index contributed by atoms with van der Waals surface area (Å²) in [5.74, 6) is -5.47. The Kier molecular flexibility index (Phi) is 7.17. The van der Waals surface area contributed by atoms with Crippen LogP contribution < -0.4 is 9.80 Å². The molecule has 6 aliphatic heterocycles. The average Bonchev–Trinajstić information content (AvgIpc) is 3.83. The first-order valence-electron chi connectivity index (χ1n) is 15.8. The third kappa shape index (κ3) is 4.70. The number of imide groups is 2. The fraction of sp³-hybridized carbons (Fsp3) is 0.389. The van der Waals surface area contributed by atoms with Crippen molar-refractivity contribution in [2.45, 2.75) is 62.5 Å². The topological polar surface area (TPSA) is 121 Å². The molecule has 0 aliphatic carbocycles. The van der Waals surface area contributed by atoms with Crippen LogP contribution in [0.1, 0.15) is 44.4 Å². The molecule has 4 amide bonds. The highest BCUT2D eigenvalue weighted by molar-refractivity contribution is 6.24. The Labute approximate surface area is 291 Å². The number of benzene rings is 2. The molecule has 6 heterocycles. The molecule has 268 valence electrons. The number of anilines is 2. The zero-order chi connectivity index (χ0) is 38.1. The fourth-order valence-electron chi connectivity index (χ4n) is 8.56. The summed E-state index contributed by atoms with van der Waals surface area (Å²) in [5.41, 5.74) is -7.68. The van der Waals surface area contributed by atoms with Crippen molar-refractivity contribution in [3.8, 4) is 6.07 Å². The second-order valence-corrected chi connectivity index (χ2v) is 14.2. The molecular formula is C36H26F6N4O6. The van der Waals surface area contributed by atoms with Gasteiger partial charge in [0.05, 0.1) is 81.1 Å². The van der Waals surface area contributed by atoms with E-state index in [2.05, 4.69) is 4.85 Å². The summed E-state index contributed by atoms with van der Waals surface area (Å²) in [6.07, 6.45) is -2.63. The normalized spacial score (nSPS) is 35.2. The highest BCUT2D eigenvalue weighted by atomic mass is 19.4. The maximum Gasteiger partial charge on any atom is 0.417 e. The Morgan fingerprint density at radius 1 is 0.654 bits per heavy atom. The predicted molar refractivity (Wildman–Crippen MR) is 167 cm³/mol. The van der Waals surface area contributed by atoms with Crippen molar-refractivity contribution in [3.05, 3.63) is 88.8 Å². The second-order valence-electron chi connectivity index (χ2n) is 14.2. The van der Waals surface area contributed by atoms with Gasteiger partial charge < -0.3 is 9.47 Å². The van der Waals surface area contributed by atoms with Crippen molar-refractivity contribution in [3.63, 3.8) is 0 Å². The van der Waals surface area contributed by atoms with E-state index in [0.29, 0.717) is 12.1 Å². The smallest absolute Gasteiger partial charge is 0.359 e. The lowest BCUT2D eigenvalue weighted by Crippen LogP contribution is -2.39. The van der Waals surface area contributed by atoms with E-state index in [4.69, 9.17) is 21.3 Å². The molecule has 8 atom stereocenters. The summed E-state index contributed by atoms with van der Waals surface area (Å²) in [6, 6.07) is 7.17. The highest BCUT2D eigenvalue weighted by Crippen LogP contribution is 2.59. The van der Waals surface area contributed by atoms with E-state index in [0.717, 1.165) is 21.9 Å². The quantitative estimate of drug-likeness (QED) is 0.155. The summed E-state index contributed by atoms with van der Waals surface area (Å²) in [6.45, 7) is 13.7. The van der Waals surface area contributed by atoms with Gasteiger partial charge in [-0.05, 0) is 58.0 Å². The first-order chi connectivity index (χ1) is 24.0. The van der Waals surface area contributed by atoms with E-state index in [1.54, 1.807) is 52.0 Å². The molecule has 52 heavy (non-hydrogen) atoms. The standard InChI is InChI=1S/2C18H13F3N2O3/c1-16-6-7-17(2,26-16)13-12(16)14(24)23(15(13)25)9-4-5-11(22-3)10(8-9)18(19,20)21;1-16-5-6-17(2,26-16)13-12(16)14(24)23(15(13)25)10-4-3-9(8-22)11(7-10)18(19,20)21/h4-8,12-13H,1-2H3;3-7,12-13H,1-2H3/t2*12-,13+,16?,17?. The van der Waals surface area contributed by atoms with Gasteiger partial charge in [-0.1, -0.05) is 30.4 Å². The van der Waals surface area contributed by atoms with Crippen LogP contribution in [-0.4, -0.2) is 46.0 Å². The number of fused-ring (bicyclic) bond motifs is 10. The molecule has 0 N–H and O–H groups in total. The molecule has 2 aromatic rings. The molecule has 2 aromatic carbocycles. The van der Waals surface area contributed by atoms with Crippen molar-refractivity contribution >= 4 is 40.7 Å². The number of hydrogen-bond acceptors (Lipinski definition) is 7. The minimum Gasteiger partial charge on any atom is -0.359 e. The number of nitrogens with zero attached hydrogens (tertiary/aromatic N) is 4. The van der Waals surface area contributed by atoms with E-state index in [-0.39, 0.29) is 11.4 Å². The molecule has 0 saturated carbocycles. The van der Waals surface area contributed by atoms with E-state index in [1.165, 1.54) is 18.2 Å². The van der Waals surface area contributed by atoms with Crippen molar-refractivity contribution in [2.24, 2.45) is 23.7 Å². The van der Waals surface area contributed by atoms with E-state index >= 15 is 0 Å². The second kappa shape index (κ2) is 10.6. The lowest BCUT2D eigenvalue weighted by molar-refractivity contribution is -0.138. The van der Waals surface area contributed by atoms with Gasteiger partial charge in [0.1, 0.15) is 0 Å². The van der Waals surface area contributed by atoms with Gasteiger partial charge in [-0.15, -0.1) is 0 Å². The Bertz CT molecular complexity index is 1940. The van der Waals surface area contributed by atoms with Crippen LogP contribution in [0.4, 0.5) is 43.4 Å². The molecule has 4 unspecified atom stereocenters. The van der Waals surface area contributed by atoms with Crippen LogP contribution in [0.2, 0.25) is 0 Å². The monoisotopic (exact) mass is 724 g/mol. The molecule has 10 nitrogen and oxygen atoms in total. The van der Waals surface area contributed by atoms with E-state index in [9.17, 15) is 45.5 Å². The molecule has 0 aromatic heterocycles. The summed E-state index contributed by atoms with van der Waals surface area (Å²) >= 11 is 0. The first-order valence-corrected chi connectivity index (χ1v) is 15.8. The van der Waals surface area contributed by atoms with Gasteiger partial charge in [-0.3, -0.25) is 19.2 Å². The van der Waals surface area contributed by atoms with Gasteiger partial charge in [0.15, 0.2) is 5.69 Å². The van der Waals surface area contributed by atoms with Crippen LogP contribution in [0.15, 0.2) is 60.7 Å². The van der Waals surface area contributed by atoms with Crippen molar-refractivity contribution in [1.82, 2.24) is 0 Å². The van der Waals surface area contributed by atoms with Gasteiger partial charge in [0, 0.05) is 5.69 Å². The van der Waals surface area contributed by atoms with Crippen molar-refractivity contribution in [1.29, 1.82) is 5.26 Å². The largest absolute Gasteiger partial charge is 0.417 e. The zero-order valence-corrected chi connectivity index (χ0v) is 27.6. The summed E-state index contributed by atoms with van der Waals surface area (Å²) in [5, 5.41) is 8.90. The maximum atomic E-state index is 13.2. The summed E-state index contributed by atoms with van der Waals surface area (Å²) in [7, 11) is 0. The van der Waals surface area contributed by atoms with Crippen LogP contribution in [0, 0.1) is 41.6 Å². The number of rotatable bonds is 2. The van der Waals surface area contributed by atoms with Crippen LogP contribution in [0.25, 0.3) is 4.85 Å². The molecule has 0 spiro atoms. The number of ether oxygens (including phenoxy) is 2. The lowest BCUT2D eigenvalue weighted by Gasteiger charge is -2.25. The average molecular weight is 725 g/mol. The number of alkyl halides is 6. The predicted octanol–water partition coefficient (Wildman–Crippen LogP) is 6.28. The summed E-state index contributed by atoms with van der Waals surface area (Å²) < 4.78 is 91.0. The van der Waals surface area contributed by atoms with Crippen LogP contribution in [0.3, 0.4) is 0 Å². The van der Waals surface area contributed by atoms with Gasteiger partial charge >= 0.3 is 12.4 Å². The lowest BCUT2D eigenvalue weighted by atomic mass is 9.73. The van der Waals surface area contributed by atoms with E-state index in [1.807, 2.05) is 0 Å². The molecule has 8 rings (SSSR count). The Morgan fingerprint density at radius 2 is 1.00 bits per heavy atom. The SMILES string of the molecule is CC12C=CC(C)(O1)[C@H]1C(=O)N(c3ccc(C#N)c(C(F)(F)F)c3)C(=O)[C@H]12.[C-]#[N+]c1ccc(N2C(=O)[C@@H]3[C@H](C2=O)C2(C)C=CC3(C)O2)cc1C(F)(F)F. The Hall–Kier alpha value is -5.32. The minimum atomic E-state index is -4.77. The maximum absolute atomic E-state index is 13.2. The number of carbonyl (C=O) groups is 4. The van der Waals surface area contributed by atoms with Crippen LogP contribution in [-0.2, 0) is 41.0 Å². The van der Waals surface area contributed by atoms with E-state index < -0.39 is 104 Å². The number of amides is 4. The number of nitriles is 1. The number of carbonyl (C=O) groups excluding carboxylic acids is 4. The van der Waals surface area contributed by atoms with Crippen molar-refractivity contribution in [2.75, 3.05) is 9.80 Å². The summed E-state index contributed by atoms with van der Waals surface area (Å²) in [4.78, 5) is 56.0. The van der Waals surface area contributed by atoms with Gasteiger partial charge in [-0.2, -0.15) is 31.6 Å². The molecule has 6 aliphatic rings. The number of hydrogen-bond donors (Lipinski definition) is 0. The van der Waals surface area contributed by atoms with Crippen LogP contribution in [0.5, 0.6) is 0 Å².